The molecule has 0 radical (unpaired) electrons. The van der Waals surface area contributed by atoms with Gasteiger partial charge < -0.3 is 39.4 Å². The first-order chi connectivity index (χ1) is 37.1. The number of rotatable bonds is 54. The number of carboxylic acid groups (broad SMARTS) is 2. The monoisotopic (exact) mass is 1100 g/mol. The van der Waals surface area contributed by atoms with Crippen LogP contribution in [0.1, 0.15) is 330 Å². The topological polar surface area (TPSA) is 220 Å². The molecule has 77 heavy (non-hydrogen) atoms. The molecule has 0 amide bonds. The standard InChI is InChI=1S/C23H44O6.2C20H38O4/c1-3-4-5-12-15-22(29-20(2)25)16-13-10-8-6-7-9-11-14-17-23(27)28-19-21(26)18-24;2*1-3-4-5-12-15-19(24-18(2)21)16-13-10-8-6-7-9-11-14-17-20(22)23/h21-22,24,26H,3-19H2,1-2H3;2*19H,3-17H2,1-2H3,(H,22,23). The maximum absolute atomic E-state index is 11.4. The number of aliphatic hydroxyl groups is 2. The molecule has 0 aromatic rings. The molecular weight excluding hydrogens is 981 g/mol. The molecule has 0 aliphatic carbocycles. The Bertz CT molecular complexity index is 1280. The van der Waals surface area contributed by atoms with Crippen molar-refractivity contribution in [2.24, 2.45) is 0 Å². The summed E-state index contributed by atoms with van der Waals surface area (Å²) in [6.07, 6.45) is 47.5. The molecule has 0 aliphatic rings. The van der Waals surface area contributed by atoms with E-state index in [2.05, 4.69) is 20.8 Å². The van der Waals surface area contributed by atoms with Gasteiger partial charge in [-0.05, 0) is 96.3 Å². The molecule has 4 N–H and O–H groups in total. The van der Waals surface area contributed by atoms with Crippen LogP contribution in [0.5, 0.6) is 0 Å². The molecular formula is C63H120O14. The average Bonchev–Trinajstić information content (AvgIpc) is 3.38. The fourth-order valence-corrected chi connectivity index (χ4v) is 9.32. The van der Waals surface area contributed by atoms with Crippen molar-refractivity contribution in [2.75, 3.05) is 13.2 Å². The fourth-order valence-electron chi connectivity index (χ4n) is 9.32. The molecule has 0 bridgehead atoms. The maximum atomic E-state index is 11.4. The third kappa shape index (κ3) is 68.8. The Hall–Kier alpha value is -3.26. The average molecular weight is 1100 g/mol. The van der Waals surface area contributed by atoms with Crippen molar-refractivity contribution in [3.05, 3.63) is 0 Å². The summed E-state index contributed by atoms with van der Waals surface area (Å²) in [5, 5.41) is 34.9. The number of hydrogen-bond acceptors (Lipinski definition) is 12. The first-order valence-corrected chi connectivity index (χ1v) is 31.5. The van der Waals surface area contributed by atoms with Gasteiger partial charge in [0.15, 0.2) is 0 Å². The van der Waals surface area contributed by atoms with Crippen LogP contribution in [0.3, 0.4) is 0 Å². The number of esters is 4. The van der Waals surface area contributed by atoms with Crippen molar-refractivity contribution in [2.45, 2.75) is 355 Å². The number of aliphatic carboxylic acids is 2. The molecule has 0 rings (SSSR count). The van der Waals surface area contributed by atoms with E-state index >= 15 is 0 Å². The largest absolute Gasteiger partial charge is 0.481 e. The summed E-state index contributed by atoms with van der Waals surface area (Å²) < 4.78 is 21.2. The second-order valence-corrected chi connectivity index (χ2v) is 21.7. The number of aliphatic hydroxyl groups excluding tert-OH is 2. The van der Waals surface area contributed by atoms with Gasteiger partial charge in [0.2, 0.25) is 0 Å². The molecule has 4 unspecified atom stereocenters. The van der Waals surface area contributed by atoms with Gasteiger partial charge in [0.05, 0.1) is 6.61 Å². The highest BCUT2D eigenvalue weighted by atomic mass is 16.6. The van der Waals surface area contributed by atoms with E-state index in [0.29, 0.717) is 19.3 Å². The van der Waals surface area contributed by atoms with E-state index in [4.69, 9.17) is 39.4 Å². The summed E-state index contributed by atoms with van der Waals surface area (Å²) >= 11 is 0. The lowest BCUT2D eigenvalue weighted by Crippen LogP contribution is -2.21. The third-order valence-electron chi connectivity index (χ3n) is 13.8. The van der Waals surface area contributed by atoms with Gasteiger partial charge in [-0.2, -0.15) is 0 Å². The summed E-state index contributed by atoms with van der Waals surface area (Å²) in [7, 11) is 0. The van der Waals surface area contributed by atoms with Crippen LogP contribution >= 0.6 is 0 Å². The van der Waals surface area contributed by atoms with Crippen molar-refractivity contribution >= 4 is 35.8 Å². The Morgan fingerprint density at radius 2 is 0.558 bits per heavy atom. The Labute approximate surface area is 470 Å². The second kappa shape index (κ2) is 61.9. The van der Waals surface area contributed by atoms with Gasteiger partial charge in [-0.1, -0.05) is 194 Å². The molecule has 0 heterocycles. The highest BCUT2D eigenvalue weighted by Gasteiger charge is 2.14. The molecule has 0 saturated heterocycles. The van der Waals surface area contributed by atoms with Crippen molar-refractivity contribution < 1.29 is 68.1 Å². The van der Waals surface area contributed by atoms with E-state index in [1.165, 1.54) is 156 Å². The first kappa shape index (κ1) is 78.0. The zero-order valence-corrected chi connectivity index (χ0v) is 50.4. The number of ether oxygens (including phenoxy) is 4. The van der Waals surface area contributed by atoms with E-state index in [1.807, 2.05) is 0 Å². The van der Waals surface area contributed by atoms with E-state index < -0.39 is 24.6 Å². The third-order valence-corrected chi connectivity index (χ3v) is 13.8. The van der Waals surface area contributed by atoms with Crippen LogP contribution in [-0.4, -0.2) is 93.9 Å². The van der Waals surface area contributed by atoms with Crippen LogP contribution in [0.4, 0.5) is 0 Å². The van der Waals surface area contributed by atoms with Gasteiger partial charge in [0, 0.05) is 40.0 Å². The molecule has 0 aromatic heterocycles. The highest BCUT2D eigenvalue weighted by molar-refractivity contribution is 5.69. The predicted molar refractivity (Wildman–Crippen MR) is 311 cm³/mol. The maximum Gasteiger partial charge on any atom is 0.305 e. The Kier molecular flexibility index (Phi) is 62.7. The Morgan fingerprint density at radius 1 is 0.338 bits per heavy atom. The number of carboxylic acids is 2. The van der Waals surface area contributed by atoms with Crippen molar-refractivity contribution in [3.63, 3.8) is 0 Å². The number of carbonyl (C=O) groups is 6. The van der Waals surface area contributed by atoms with Gasteiger partial charge in [-0.3, -0.25) is 28.8 Å². The molecule has 0 fully saturated rings. The predicted octanol–water partition coefficient (Wildman–Crippen LogP) is 16.4. The van der Waals surface area contributed by atoms with E-state index in [0.717, 1.165) is 135 Å². The minimum atomic E-state index is -0.982. The van der Waals surface area contributed by atoms with Crippen molar-refractivity contribution in [1.29, 1.82) is 0 Å². The van der Waals surface area contributed by atoms with Crippen LogP contribution in [-0.2, 0) is 47.7 Å². The van der Waals surface area contributed by atoms with Crippen LogP contribution < -0.4 is 0 Å². The molecule has 0 aromatic carbocycles. The Morgan fingerprint density at radius 3 is 0.779 bits per heavy atom. The summed E-state index contributed by atoms with van der Waals surface area (Å²) in [6, 6.07) is 0. The normalized spacial score (nSPS) is 12.5. The molecule has 4 atom stereocenters. The molecule has 0 saturated carbocycles. The quantitative estimate of drug-likeness (QED) is 0.0253. The lowest BCUT2D eigenvalue weighted by molar-refractivity contribution is -0.148. The van der Waals surface area contributed by atoms with Gasteiger partial charge >= 0.3 is 35.8 Å². The summed E-state index contributed by atoms with van der Waals surface area (Å²) in [5.41, 5.74) is 0. The Balaban J connectivity index is -0.00000107. The van der Waals surface area contributed by atoms with Crippen LogP contribution in [0.15, 0.2) is 0 Å². The lowest BCUT2D eigenvalue weighted by Gasteiger charge is -2.17. The smallest absolute Gasteiger partial charge is 0.305 e. The second-order valence-electron chi connectivity index (χ2n) is 21.7. The van der Waals surface area contributed by atoms with Crippen LogP contribution in [0.25, 0.3) is 0 Å². The van der Waals surface area contributed by atoms with E-state index in [9.17, 15) is 28.8 Å². The fraction of sp³-hybridized carbons (Fsp3) is 0.905. The molecule has 456 valence electrons. The van der Waals surface area contributed by atoms with Crippen LogP contribution in [0, 0.1) is 0 Å². The van der Waals surface area contributed by atoms with Crippen molar-refractivity contribution in [1.82, 2.24) is 0 Å². The minimum absolute atomic E-state index is 0.0857. The van der Waals surface area contributed by atoms with Gasteiger partial charge in [0.25, 0.3) is 0 Å². The molecule has 14 heteroatoms. The van der Waals surface area contributed by atoms with Gasteiger partial charge in [-0.25, -0.2) is 0 Å². The molecule has 0 aliphatic heterocycles. The summed E-state index contributed by atoms with van der Waals surface area (Å²) in [5.74, 6) is -2.17. The first-order valence-electron chi connectivity index (χ1n) is 31.5. The van der Waals surface area contributed by atoms with Crippen molar-refractivity contribution in [3.8, 4) is 0 Å². The van der Waals surface area contributed by atoms with E-state index in [1.54, 1.807) is 0 Å². The number of hydrogen-bond donors (Lipinski definition) is 4. The number of carbonyl (C=O) groups excluding carboxylic acids is 4. The highest BCUT2D eigenvalue weighted by Crippen LogP contribution is 2.20. The lowest BCUT2D eigenvalue weighted by atomic mass is 10.0. The summed E-state index contributed by atoms with van der Waals surface area (Å²) in [4.78, 5) is 65.9. The minimum Gasteiger partial charge on any atom is -0.481 e. The zero-order valence-electron chi connectivity index (χ0n) is 50.4. The van der Waals surface area contributed by atoms with E-state index in [-0.39, 0.29) is 48.8 Å². The molecule has 14 nitrogen and oxygen atoms in total. The van der Waals surface area contributed by atoms with Gasteiger partial charge in [-0.15, -0.1) is 0 Å². The summed E-state index contributed by atoms with van der Waals surface area (Å²) in [6.45, 7) is 10.6. The SMILES string of the molecule is CCCCCCC(CCCCCCCCCCC(=O)O)OC(C)=O.CCCCCCC(CCCCCCCCCCC(=O)O)OC(C)=O.CCCCCCC(CCCCCCCCCCC(=O)OCC(O)CO)OC(C)=O. The number of unbranched alkanes of at least 4 members (excludes halogenated alkanes) is 30. The molecule has 0 spiro atoms. The van der Waals surface area contributed by atoms with Gasteiger partial charge in [0.1, 0.15) is 31.0 Å². The zero-order chi connectivity index (χ0) is 57.8. The van der Waals surface area contributed by atoms with Crippen LogP contribution in [0.2, 0.25) is 0 Å².